The molecule has 98 valence electrons. The van der Waals surface area contributed by atoms with Crippen molar-refractivity contribution in [1.82, 2.24) is 4.90 Å². The lowest BCUT2D eigenvalue weighted by Crippen LogP contribution is -2.50. The Morgan fingerprint density at radius 2 is 2.12 bits per heavy atom. The van der Waals surface area contributed by atoms with Crippen molar-refractivity contribution in [2.45, 2.75) is 57.5 Å². The van der Waals surface area contributed by atoms with E-state index in [0.29, 0.717) is 19.4 Å². The fourth-order valence-corrected chi connectivity index (χ4v) is 2.24. The summed E-state index contributed by atoms with van der Waals surface area (Å²) < 4.78 is 0. The molecule has 1 fully saturated rings. The maximum Gasteiger partial charge on any atom is 0.240 e. The summed E-state index contributed by atoms with van der Waals surface area (Å²) in [6.45, 7) is 2.59. The highest BCUT2D eigenvalue weighted by Crippen LogP contribution is 2.18. The molecule has 1 rings (SSSR count). The maximum atomic E-state index is 12.0. The molecule has 2 atom stereocenters. The third kappa shape index (κ3) is 4.34. The van der Waals surface area contributed by atoms with Gasteiger partial charge in [0.15, 0.2) is 0 Å². The van der Waals surface area contributed by atoms with Gasteiger partial charge >= 0.3 is 0 Å². The molecule has 2 unspecified atom stereocenters. The second-order valence-corrected chi connectivity index (χ2v) is 4.87. The van der Waals surface area contributed by atoms with Crippen molar-refractivity contribution in [1.29, 1.82) is 0 Å². The van der Waals surface area contributed by atoms with Crippen LogP contribution in [0.2, 0.25) is 0 Å². The Hall–Kier alpha value is -1.10. The summed E-state index contributed by atoms with van der Waals surface area (Å²) in [5.74, 6) is -0.348. The minimum atomic E-state index is -0.397. The van der Waals surface area contributed by atoms with Crippen molar-refractivity contribution in [2.75, 3.05) is 6.54 Å². The summed E-state index contributed by atoms with van der Waals surface area (Å²) in [6.07, 6.45) is 4.71. The van der Waals surface area contributed by atoms with Gasteiger partial charge in [0.05, 0.1) is 0 Å². The molecule has 1 aliphatic heterocycles. The van der Waals surface area contributed by atoms with Crippen LogP contribution in [0.4, 0.5) is 0 Å². The number of carbonyl (C=O) groups excluding carboxylic acids is 2. The number of hydrogen-bond donors (Lipinski definition) is 2. The minimum Gasteiger partial charge on any atom is -0.368 e. The van der Waals surface area contributed by atoms with E-state index in [2.05, 4.69) is 0 Å². The molecule has 2 amide bonds. The van der Waals surface area contributed by atoms with E-state index in [9.17, 15) is 9.59 Å². The number of likely N-dealkylation sites (tertiary alicyclic amines) is 1. The number of nitrogens with two attached hydrogens (primary N) is 2. The van der Waals surface area contributed by atoms with Crippen molar-refractivity contribution >= 4 is 11.8 Å². The Morgan fingerprint density at radius 3 is 2.71 bits per heavy atom. The molecule has 17 heavy (non-hydrogen) atoms. The fraction of sp³-hybridized carbons (Fsp3) is 0.833. The van der Waals surface area contributed by atoms with Gasteiger partial charge in [0, 0.05) is 19.0 Å². The second kappa shape index (κ2) is 6.59. The van der Waals surface area contributed by atoms with Gasteiger partial charge in [-0.2, -0.15) is 0 Å². The summed E-state index contributed by atoms with van der Waals surface area (Å²) in [7, 11) is 0. The van der Waals surface area contributed by atoms with E-state index < -0.39 is 6.04 Å². The van der Waals surface area contributed by atoms with Gasteiger partial charge in [-0.3, -0.25) is 9.59 Å². The number of hydrogen-bond acceptors (Lipinski definition) is 3. The van der Waals surface area contributed by atoms with Gasteiger partial charge in [0.1, 0.15) is 6.04 Å². The predicted octanol–water partition coefficient (Wildman–Crippen LogP) is 0.370. The smallest absolute Gasteiger partial charge is 0.240 e. The van der Waals surface area contributed by atoms with Crippen LogP contribution < -0.4 is 11.5 Å². The van der Waals surface area contributed by atoms with E-state index in [4.69, 9.17) is 11.5 Å². The molecule has 0 aromatic rings. The molecule has 0 bridgehead atoms. The fourth-order valence-electron chi connectivity index (χ4n) is 2.24. The highest BCUT2D eigenvalue weighted by Gasteiger charge is 2.29. The molecule has 1 saturated heterocycles. The zero-order valence-electron chi connectivity index (χ0n) is 10.5. The number of piperidine rings is 1. The molecular weight excluding hydrogens is 218 g/mol. The Labute approximate surface area is 103 Å². The summed E-state index contributed by atoms with van der Waals surface area (Å²) in [4.78, 5) is 24.9. The molecule has 0 aliphatic carbocycles. The third-order valence-electron chi connectivity index (χ3n) is 3.20. The van der Waals surface area contributed by atoms with Gasteiger partial charge in [-0.1, -0.05) is 0 Å². The minimum absolute atomic E-state index is 0.0363. The van der Waals surface area contributed by atoms with Gasteiger partial charge in [0.25, 0.3) is 0 Å². The molecule has 1 aliphatic rings. The van der Waals surface area contributed by atoms with Gasteiger partial charge in [-0.05, 0) is 39.0 Å². The van der Waals surface area contributed by atoms with Gasteiger partial charge in [-0.25, -0.2) is 0 Å². The molecule has 0 saturated carbocycles. The summed E-state index contributed by atoms with van der Waals surface area (Å²) in [5, 5.41) is 0. The van der Waals surface area contributed by atoms with Gasteiger partial charge < -0.3 is 16.4 Å². The Kier molecular flexibility index (Phi) is 5.41. The molecule has 4 N–H and O–H groups in total. The number of primary amides is 1. The lowest BCUT2D eigenvalue weighted by Gasteiger charge is -2.33. The Morgan fingerprint density at radius 1 is 1.41 bits per heavy atom. The quantitative estimate of drug-likeness (QED) is 0.728. The van der Waals surface area contributed by atoms with Crippen LogP contribution in [0.25, 0.3) is 0 Å². The topological polar surface area (TPSA) is 89.4 Å². The molecule has 0 radical (unpaired) electrons. The van der Waals surface area contributed by atoms with Crippen molar-refractivity contribution < 1.29 is 9.59 Å². The van der Waals surface area contributed by atoms with E-state index >= 15 is 0 Å². The zero-order chi connectivity index (χ0) is 12.8. The van der Waals surface area contributed by atoms with E-state index in [-0.39, 0.29) is 17.9 Å². The Balaban J connectivity index is 2.45. The van der Waals surface area contributed by atoms with Crippen LogP contribution in [0.1, 0.15) is 45.4 Å². The number of rotatable bonds is 5. The SMILES string of the molecule is CC(N)CCCC(=O)N1CCCCC1C(N)=O. The van der Waals surface area contributed by atoms with E-state index in [0.717, 1.165) is 25.7 Å². The monoisotopic (exact) mass is 241 g/mol. The lowest BCUT2D eigenvalue weighted by atomic mass is 10.0. The molecule has 5 nitrogen and oxygen atoms in total. The third-order valence-corrected chi connectivity index (χ3v) is 3.20. The first kappa shape index (κ1) is 14.0. The van der Waals surface area contributed by atoms with Crippen LogP contribution in [0.3, 0.4) is 0 Å². The van der Waals surface area contributed by atoms with E-state index in [1.165, 1.54) is 0 Å². The first-order chi connectivity index (χ1) is 8.02. The van der Waals surface area contributed by atoms with Crippen LogP contribution >= 0.6 is 0 Å². The summed E-state index contributed by atoms with van der Waals surface area (Å²) in [5.41, 5.74) is 11.0. The van der Waals surface area contributed by atoms with Crippen LogP contribution in [0, 0.1) is 0 Å². The average Bonchev–Trinajstić information content (AvgIpc) is 2.28. The normalized spacial score (nSPS) is 22.2. The Bertz CT molecular complexity index is 279. The molecule has 0 aromatic heterocycles. The predicted molar refractivity (Wildman–Crippen MR) is 66.0 cm³/mol. The molecule has 0 aromatic carbocycles. The van der Waals surface area contributed by atoms with Crippen LogP contribution in [0.15, 0.2) is 0 Å². The van der Waals surface area contributed by atoms with Crippen molar-refractivity contribution in [2.24, 2.45) is 11.5 Å². The van der Waals surface area contributed by atoms with Crippen LogP contribution in [-0.2, 0) is 9.59 Å². The molecule has 0 spiro atoms. The highest BCUT2D eigenvalue weighted by molar-refractivity contribution is 5.86. The van der Waals surface area contributed by atoms with E-state index in [1.807, 2.05) is 6.92 Å². The first-order valence-corrected chi connectivity index (χ1v) is 6.36. The maximum absolute atomic E-state index is 12.0. The first-order valence-electron chi connectivity index (χ1n) is 6.36. The summed E-state index contributed by atoms with van der Waals surface area (Å²) >= 11 is 0. The van der Waals surface area contributed by atoms with E-state index in [1.54, 1.807) is 4.90 Å². The number of carbonyl (C=O) groups is 2. The van der Waals surface area contributed by atoms with Gasteiger partial charge in [-0.15, -0.1) is 0 Å². The zero-order valence-corrected chi connectivity index (χ0v) is 10.5. The number of nitrogens with zero attached hydrogens (tertiary/aromatic N) is 1. The highest BCUT2D eigenvalue weighted by atomic mass is 16.2. The summed E-state index contributed by atoms with van der Waals surface area (Å²) in [6, 6.07) is -0.275. The van der Waals surface area contributed by atoms with Gasteiger partial charge in [0.2, 0.25) is 11.8 Å². The average molecular weight is 241 g/mol. The standard InChI is InChI=1S/C12H23N3O2/c1-9(13)5-4-7-11(16)15-8-3-2-6-10(15)12(14)17/h9-10H,2-8,13H2,1H3,(H2,14,17). The second-order valence-electron chi connectivity index (χ2n) is 4.87. The number of amides is 2. The molecular formula is C12H23N3O2. The largest absolute Gasteiger partial charge is 0.368 e. The molecule has 5 heteroatoms. The molecule has 1 heterocycles. The van der Waals surface area contributed by atoms with Crippen LogP contribution in [-0.4, -0.2) is 35.3 Å². The van der Waals surface area contributed by atoms with Crippen molar-refractivity contribution in [3.05, 3.63) is 0 Å². The van der Waals surface area contributed by atoms with Crippen LogP contribution in [0.5, 0.6) is 0 Å². The van der Waals surface area contributed by atoms with Crippen molar-refractivity contribution in [3.63, 3.8) is 0 Å². The lowest BCUT2D eigenvalue weighted by molar-refractivity contribution is -0.141. The van der Waals surface area contributed by atoms with Crippen molar-refractivity contribution in [3.8, 4) is 0 Å².